The van der Waals surface area contributed by atoms with Gasteiger partial charge < -0.3 is 10.1 Å². The van der Waals surface area contributed by atoms with E-state index in [2.05, 4.69) is 33.0 Å². The largest absolute Gasteiger partial charge is 0.489 e. The lowest BCUT2D eigenvalue weighted by Gasteiger charge is -2.09. The summed E-state index contributed by atoms with van der Waals surface area (Å²) in [4.78, 5) is 0. The second kappa shape index (κ2) is 9.56. The lowest BCUT2D eigenvalue weighted by atomic mass is 10.2. The van der Waals surface area contributed by atoms with Crippen LogP contribution in [-0.2, 0) is 20.2 Å². The fraction of sp³-hybridized carbons (Fsp3) is 0.278. The molecule has 3 rings (SSSR count). The summed E-state index contributed by atoms with van der Waals surface area (Å²) >= 11 is 7.77. The van der Waals surface area contributed by atoms with E-state index < -0.39 is 0 Å². The molecule has 0 bridgehead atoms. The molecule has 1 aromatic heterocycles. The number of tetrazole rings is 1. The molecule has 8 heteroatoms. The van der Waals surface area contributed by atoms with Crippen LogP contribution in [0.15, 0.2) is 53.7 Å². The van der Waals surface area contributed by atoms with Crippen molar-refractivity contribution >= 4 is 23.4 Å². The normalized spacial score (nSPS) is 10.8. The number of thioether (sulfide) groups is 1. The average molecular weight is 390 g/mol. The summed E-state index contributed by atoms with van der Waals surface area (Å²) in [6.45, 7) is 2.15. The van der Waals surface area contributed by atoms with Gasteiger partial charge in [-0.05, 0) is 34.2 Å². The van der Waals surface area contributed by atoms with Crippen molar-refractivity contribution < 1.29 is 4.74 Å². The molecular weight excluding hydrogens is 370 g/mol. The second-order valence-corrected chi connectivity index (χ2v) is 7.10. The van der Waals surface area contributed by atoms with E-state index in [1.165, 1.54) is 5.56 Å². The molecule has 0 aliphatic rings. The van der Waals surface area contributed by atoms with Crippen LogP contribution in [0.3, 0.4) is 0 Å². The van der Waals surface area contributed by atoms with E-state index >= 15 is 0 Å². The third-order valence-electron chi connectivity index (χ3n) is 3.70. The van der Waals surface area contributed by atoms with E-state index in [1.807, 2.05) is 43.4 Å². The molecule has 0 aliphatic carbocycles. The third-order valence-corrected chi connectivity index (χ3v) is 5.08. The number of ether oxygens (including phenoxy) is 1. The lowest BCUT2D eigenvalue weighted by Crippen LogP contribution is -2.16. The van der Waals surface area contributed by atoms with Gasteiger partial charge >= 0.3 is 0 Å². The quantitative estimate of drug-likeness (QED) is 0.447. The Balaban J connectivity index is 1.37. The number of aromatic nitrogens is 4. The van der Waals surface area contributed by atoms with Crippen LogP contribution in [0.5, 0.6) is 5.75 Å². The molecule has 26 heavy (non-hydrogen) atoms. The summed E-state index contributed by atoms with van der Waals surface area (Å²) in [6.07, 6.45) is 0. The molecular formula is C18H20ClN5OS. The third kappa shape index (κ3) is 5.45. The van der Waals surface area contributed by atoms with Crippen LogP contribution in [0.4, 0.5) is 0 Å². The van der Waals surface area contributed by atoms with E-state index in [4.69, 9.17) is 16.3 Å². The van der Waals surface area contributed by atoms with E-state index in [0.717, 1.165) is 40.3 Å². The molecule has 3 aromatic rings. The van der Waals surface area contributed by atoms with Gasteiger partial charge in [-0.15, -0.1) is 5.10 Å². The number of halogens is 1. The highest BCUT2D eigenvalue weighted by molar-refractivity contribution is 7.99. The SMILES string of the molecule is Cn1nnnc1SCCNCc1ccc(OCc2ccccc2Cl)cc1. The molecule has 0 amide bonds. The molecule has 0 aliphatic heterocycles. The molecule has 0 spiro atoms. The van der Waals surface area contributed by atoms with Gasteiger partial charge in [0, 0.05) is 36.5 Å². The predicted octanol–water partition coefficient (Wildman–Crippen LogP) is 3.32. The molecule has 0 fully saturated rings. The monoisotopic (exact) mass is 389 g/mol. The summed E-state index contributed by atoms with van der Waals surface area (Å²) in [7, 11) is 1.84. The van der Waals surface area contributed by atoms with Crippen molar-refractivity contribution in [1.82, 2.24) is 25.5 Å². The lowest BCUT2D eigenvalue weighted by molar-refractivity contribution is 0.306. The minimum Gasteiger partial charge on any atom is -0.489 e. The molecule has 1 heterocycles. The maximum absolute atomic E-state index is 6.14. The first-order valence-electron chi connectivity index (χ1n) is 8.23. The van der Waals surface area contributed by atoms with Crippen molar-refractivity contribution in [2.24, 2.45) is 7.05 Å². The molecule has 6 nitrogen and oxygen atoms in total. The van der Waals surface area contributed by atoms with Gasteiger partial charge in [-0.2, -0.15) is 0 Å². The van der Waals surface area contributed by atoms with E-state index in [9.17, 15) is 0 Å². The zero-order chi connectivity index (χ0) is 18.2. The van der Waals surface area contributed by atoms with Crippen LogP contribution in [0.2, 0.25) is 5.02 Å². The average Bonchev–Trinajstić information content (AvgIpc) is 3.07. The minimum absolute atomic E-state index is 0.464. The van der Waals surface area contributed by atoms with Crippen LogP contribution >= 0.6 is 23.4 Å². The number of aryl methyl sites for hydroxylation is 1. The topological polar surface area (TPSA) is 64.9 Å². The zero-order valence-electron chi connectivity index (χ0n) is 14.4. The summed E-state index contributed by atoms with van der Waals surface area (Å²) in [5.41, 5.74) is 2.19. The van der Waals surface area contributed by atoms with Gasteiger partial charge in [0.25, 0.3) is 0 Å². The first-order chi connectivity index (χ1) is 12.7. The molecule has 0 radical (unpaired) electrons. The number of nitrogens with one attached hydrogen (secondary N) is 1. The Kier molecular flexibility index (Phi) is 6.88. The van der Waals surface area contributed by atoms with Gasteiger partial charge in [0.1, 0.15) is 12.4 Å². The Morgan fingerprint density at radius 2 is 1.96 bits per heavy atom. The van der Waals surface area contributed by atoms with E-state index in [0.29, 0.717) is 6.61 Å². The fourth-order valence-electron chi connectivity index (χ4n) is 2.27. The van der Waals surface area contributed by atoms with Crippen molar-refractivity contribution in [3.05, 3.63) is 64.7 Å². The van der Waals surface area contributed by atoms with Crippen molar-refractivity contribution in [3.63, 3.8) is 0 Å². The summed E-state index contributed by atoms with van der Waals surface area (Å²) in [5, 5.41) is 16.3. The standard InChI is InChI=1S/C18H20ClN5OS/c1-24-18(21-22-23-24)26-11-10-20-12-14-6-8-16(9-7-14)25-13-15-4-2-3-5-17(15)19/h2-9,20H,10-13H2,1H3. The van der Waals surface area contributed by atoms with Gasteiger partial charge in [0.15, 0.2) is 0 Å². The highest BCUT2D eigenvalue weighted by Crippen LogP contribution is 2.19. The first kappa shape index (κ1) is 18.7. The number of nitrogens with zero attached hydrogens (tertiary/aromatic N) is 4. The van der Waals surface area contributed by atoms with Crippen LogP contribution in [0.1, 0.15) is 11.1 Å². The molecule has 0 saturated heterocycles. The van der Waals surface area contributed by atoms with E-state index in [1.54, 1.807) is 16.4 Å². The molecule has 2 aromatic carbocycles. The van der Waals surface area contributed by atoms with Gasteiger partial charge in [-0.1, -0.05) is 53.7 Å². The number of rotatable bonds is 9. The smallest absolute Gasteiger partial charge is 0.209 e. The molecule has 1 N–H and O–H groups in total. The fourth-order valence-corrected chi connectivity index (χ4v) is 3.21. The van der Waals surface area contributed by atoms with Crippen molar-refractivity contribution in [2.45, 2.75) is 18.3 Å². The Hall–Kier alpha value is -2.09. The van der Waals surface area contributed by atoms with E-state index in [-0.39, 0.29) is 0 Å². The van der Waals surface area contributed by atoms with Gasteiger partial charge in [-0.25, -0.2) is 4.68 Å². The number of benzene rings is 2. The maximum atomic E-state index is 6.14. The highest BCUT2D eigenvalue weighted by atomic mass is 35.5. The van der Waals surface area contributed by atoms with Gasteiger partial charge in [-0.3, -0.25) is 0 Å². The minimum atomic E-state index is 0.464. The molecule has 0 unspecified atom stereocenters. The van der Waals surface area contributed by atoms with Crippen molar-refractivity contribution in [2.75, 3.05) is 12.3 Å². The zero-order valence-corrected chi connectivity index (χ0v) is 16.0. The summed E-state index contributed by atoms with van der Waals surface area (Å²) in [5.74, 6) is 1.74. The first-order valence-corrected chi connectivity index (χ1v) is 9.60. The van der Waals surface area contributed by atoms with Crippen LogP contribution < -0.4 is 10.1 Å². The number of hydrogen-bond donors (Lipinski definition) is 1. The Bertz CT molecular complexity index is 824. The van der Waals surface area contributed by atoms with Crippen molar-refractivity contribution in [1.29, 1.82) is 0 Å². The Labute approximate surface area is 161 Å². The Morgan fingerprint density at radius 3 is 2.69 bits per heavy atom. The highest BCUT2D eigenvalue weighted by Gasteiger charge is 2.03. The van der Waals surface area contributed by atoms with Crippen molar-refractivity contribution in [3.8, 4) is 5.75 Å². The van der Waals surface area contributed by atoms with Gasteiger partial charge in [0.05, 0.1) is 0 Å². The number of hydrogen-bond acceptors (Lipinski definition) is 6. The summed E-state index contributed by atoms with van der Waals surface area (Å²) in [6, 6.07) is 15.8. The molecule has 136 valence electrons. The van der Waals surface area contributed by atoms with Crippen LogP contribution in [-0.4, -0.2) is 32.5 Å². The molecule has 0 saturated carbocycles. The van der Waals surface area contributed by atoms with Crippen LogP contribution in [0, 0.1) is 0 Å². The summed E-state index contributed by atoms with van der Waals surface area (Å²) < 4.78 is 7.47. The maximum Gasteiger partial charge on any atom is 0.209 e. The Morgan fingerprint density at radius 1 is 1.15 bits per heavy atom. The predicted molar refractivity (Wildman–Crippen MR) is 103 cm³/mol. The van der Waals surface area contributed by atoms with Gasteiger partial charge in [0.2, 0.25) is 5.16 Å². The van der Waals surface area contributed by atoms with Crippen LogP contribution in [0.25, 0.3) is 0 Å². The second-order valence-electron chi connectivity index (χ2n) is 5.63. The molecule has 0 atom stereocenters.